The summed E-state index contributed by atoms with van der Waals surface area (Å²) >= 11 is 0. The molecule has 0 radical (unpaired) electrons. The van der Waals surface area contributed by atoms with E-state index in [0.717, 1.165) is 19.3 Å². The lowest BCUT2D eigenvalue weighted by Crippen LogP contribution is -2.42. The topological polar surface area (TPSA) is 87.8 Å². The van der Waals surface area contributed by atoms with Gasteiger partial charge in [0.2, 0.25) is 11.7 Å². The highest BCUT2D eigenvalue weighted by atomic mass is 32.2. The van der Waals surface area contributed by atoms with E-state index in [0.29, 0.717) is 13.1 Å². The fourth-order valence-corrected chi connectivity index (χ4v) is 3.24. The summed E-state index contributed by atoms with van der Waals surface area (Å²) in [7, 11) is -1.68. The first-order valence-electron chi connectivity index (χ1n) is 6.53. The van der Waals surface area contributed by atoms with Crippen LogP contribution in [0.15, 0.2) is 21.6 Å². The molecule has 1 aliphatic heterocycles. The van der Waals surface area contributed by atoms with Gasteiger partial charge in [-0.05, 0) is 38.3 Å². The number of piperidine rings is 1. The highest BCUT2D eigenvalue weighted by Gasteiger charge is 2.29. The molecule has 0 bridgehead atoms. The van der Waals surface area contributed by atoms with Crippen LogP contribution in [0.5, 0.6) is 0 Å². The van der Waals surface area contributed by atoms with E-state index in [1.165, 1.54) is 12.1 Å². The van der Waals surface area contributed by atoms with E-state index < -0.39 is 22.0 Å². The summed E-state index contributed by atoms with van der Waals surface area (Å²) in [4.78, 5) is 24.7. The summed E-state index contributed by atoms with van der Waals surface area (Å²) in [5.41, 5.74) is 0. The Bertz CT molecular complexity index is 533. The lowest BCUT2D eigenvalue weighted by Gasteiger charge is -2.28. The van der Waals surface area contributed by atoms with Crippen LogP contribution in [0.1, 0.15) is 36.7 Å². The van der Waals surface area contributed by atoms with Gasteiger partial charge < -0.3 is 14.4 Å². The number of hydrogen-bond acceptors (Lipinski definition) is 4. The molecule has 0 aliphatic carbocycles. The Labute approximate surface area is 119 Å². The van der Waals surface area contributed by atoms with Crippen molar-refractivity contribution in [1.29, 1.82) is 0 Å². The van der Waals surface area contributed by atoms with E-state index >= 15 is 0 Å². The first kappa shape index (κ1) is 14.8. The molecule has 1 fully saturated rings. The minimum Gasteiger partial charge on any atom is -0.475 e. The molecular weight excluding hydrogens is 282 g/mol. The molecular formula is C13H17NO5S. The zero-order chi connectivity index (χ0) is 14.7. The number of nitrogens with zero attached hydrogens (tertiary/aromatic N) is 1. The van der Waals surface area contributed by atoms with Crippen molar-refractivity contribution in [3.05, 3.63) is 17.9 Å². The number of rotatable bonds is 4. The highest BCUT2D eigenvalue weighted by molar-refractivity contribution is 7.86. The maximum atomic E-state index is 12.2. The maximum absolute atomic E-state index is 12.2. The van der Waals surface area contributed by atoms with E-state index in [1.54, 1.807) is 11.8 Å². The van der Waals surface area contributed by atoms with Crippen LogP contribution >= 0.6 is 0 Å². The number of carbonyl (C=O) groups excluding carboxylic acids is 1. The molecule has 0 spiro atoms. The zero-order valence-corrected chi connectivity index (χ0v) is 12.0. The van der Waals surface area contributed by atoms with E-state index in [4.69, 9.17) is 9.52 Å². The molecule has 1 amide bonds. The third-order valence-electron chi connectivity index (χ3n) is 3.33. The number of furan rings is 1. The zero-order valence-electron chi connectivity index (χ0n) is 11.2. The van der Waals surface area contributed by atoms with Crippen molar-refractivity contribution in [3.8, 4) is 0 Å². The average molecular weight is 299 g/mol. The first-order chi connectivity index (χ1) is 9.50. The number of carboxylic acids is 1. The van der Waals surface area contributed by atoms with Gasteiger partial charge >= 0.3 is 5.97 Å². The molecule has 1 saturated heterocycles. The Hall–Kier alpha value is -1.63. The smallest absolute Gasteiger partial charge is 0.371 e. The molecule has 1 aromatic heterocycles. The normalized spacial score (nSPS) is 18.6. The van der Waals surface area contributed by atoms with Gasteiger partial charge in [-0.25, -0.2) is 4.79 Å². The van der Waals surface area contributed by atoms with Crippen molar-refractivity contribution in [2.75, 3.05) is 13.1 Å². The van der Waals surface area contributed by atoms with Crippen molar-refractivity contribution in [2.45, 2.75) is 36.5 Å². The van der Waals surface area contributed by atoms with Crippen LogP contribution in [0.3, 0.4) is 0 Å². The van der Waals surface area contributed by atoms with Gasteiger partial charge in [0.25, 0.3) is 0 Å². The summed E-state index contributed by atoms with van der Waals surface area (Å²) < 4.78 is 17.2. The van der Waals surface area contributed by atoms with Crippen molar-refractivity contribution >= 4 is 22.7 Å². The molecule has 7 heteroatoms. The van der Waals surface area contributed by atoms with Crippen LogP contribution in [0, 0.1) is 0 Å². The van der Waals surface area contributed by atoms with Crippen LogP contribution in [0.4, 0.5) is 0 Å². The standard InChI is InChI=1S/C13H17NO5S/c1-9(12(15)14-7-3-2-4-8-14)20(18)11-6-5-10(19-11)13(16)17/h5-6,9H,2-4,7-8H2,1H3,(H,16,17). The molecule has 2 rings (SSSR count). The summed E-state index contributed by atoms with van der Waals surface area (Å²) in [6.07, 6.45) is 3.05. The summed E-state index contributed by atoms with van der Waals surface area (Å²) in [6, 6.07) is 2.59. The number of aromatic carboxylic acids is 1. The molecule has 110 valence electrons. The van der Waals surface area contributed by atoms with Crippen LogP contribution in [0.25, 0.3) is 0 Å². The Kier molecular flexibility index (Phi) is 4.59. The summed E-state index contributed by atoms with van der Waals surface area (Å²) in [6.45, 7) is 2.97. The second-order valence-electron chi connectivity index (χ2n) is 4.75. The Morgan fingerprint density at radius 2 is 1.95 bits per heavy atom. The summed E-state index contributed by atoms with van der Waals surface area (Å²) in [5, 5.41) is 8.06. The minimum absolute atomic E-state index is 0.0280. The predicted molar refractivity (Wildman–Crippen MR) is 72.0 cm³/mol. The second kappa shape index (κ2) is 6.21. The molecule has 2 atom stereocenters. The van der Waals surface area contributed by atoms with Crippen molar-refractivity contribution in [2.24, 2.45) is 0 Å². The van der Waals surface area contributed by atoms with E-state index in [2.05, 4.69) is 0 Å². The Morgan fingerprint density at radius 3 is 2.50 bits per heavy atom. The van der Waals surface area contributed by atoms with Crippen LogP contribution in [0.2, 0.25) is 0 Å². The number of amides is 1. The average Bonchev–Trinajstić information content (AvgIpc) is 2.96. The fraction of sp³-hybridized carbons (Fsp3) is 0.538. The molecule has 2 heterocycles. The number of carboxylic acid groups (broad SMARTS) is 1. The molecule has 1 aromatic rings. The predicted octanol–water partition coefficient (Wildman–Crippen LogP) is 1.49. The molecule has 1 aliphatic rings. The van der Waals surface area contributed by atoms with E-state index in [1.807, 2.05) is 0 Å². The molecule has 0 aromatic carbocycles. The number of likely N-dealkylation sites (tertiary alicyclic amines) is 1. The Balaban J connectivity index is 2.06. The third kappa shape index (κ3) is 3.09. The van der Waals surface area contributed by atoms with Gasteiger partial charge in [0.15, 0.2) is 5.09 Å². The SMILES string of the molecule is CC(C(=O)N1CCCCC1)S(=O)c1ccc(C(=O)O)o1. The molecule has 1 N–H and O–H groups in total. The van der Waals surface area contributed by atoms with Crippen LogP contribution in [-0.2, 0) is 15.6 Å². The van der Waals surface area contributed by atoms with Gasteiger partial charge in [-0.1, -0.05) is 0 Å². The van der Waals surface area contributed by atoms with Gasteiger partial charge in [-0.3, -0.25) is 9.00 Å². The molecule has 0 saturated carbocycles. The lowest BCUT2D eigenvalue weighted by molar-refractivity contribution is -0.131. The second-order valence-corrected chi connectivity index (χ2v) is 6.45. The van der Waals surface area contributed by atoms with Gasteiger partial charge in [-0.15, -0.1) is 0 Å². The van der Waals surface area contributed by atoms with Gasteiger partial charge in [0.1, 0.15) is 16.0 Å². The van der Waals surface area contributed by atoms with Crippen LogP contribution < -0.4 is 0 Å². The van der Waals surface area contributed by atoms with Crippen molar-refractivity contribution < 1.29 is 23.3 Å². The fourth-order valence-electron chi connectivity index (χ4n) is 2.18. The number of hydrogen-bond donors (Lipinski definition) is 1. The Morgan fingerprint density at radius 1 is 1.30 bits per heavy atom. The number of carbonyl (C=O) groups is 2. The molecule has 2 unspecified atom stereocenters. The quantitative estimate of drug-likeness (QED) is 0.910. The molecule has 20 heavy (non-hydrogen) atoms. The van der Waals surface area contributed by atoms with E-state index in [9.17, 15) is 13.8 Å². The molecule has 6 nitrogen and oxygen atoms in total. The van der Waals surface area contributed by atoms with Gasteiger partial charge in [-0.2, -0.15) is 0 Å². The first-order valence-corrected chi connectivity index (χ1v) is 7.74. The maximum Gasteiger partial charge on any atom is 0.371 e. The summed E-state index contributed by atoms with van der Waals surface area (Å²) in [5.74, 6) is -1.66. The van der Waals surface area contributed by atoms with E-state index in [-0.39, 0.29) is 16.8 Å². The highest BCUT2D eigenvalue weighted by Crippen LogP contribution is 2.18. The van der Waals surface area contributed by atoms with Gasteiger partial charge in [0, 0.05) is 13.1 Å². The van der Waals surface area contributed by atoms with Crippen molar-refractivity contribution in [1.82, 2.24) is 4.90 Å². The third-order valence-corrected chi connectivity index (χ3v) is 4.79. The van der Waals surface area contributed by atoms with Gasteiger partial charge in [0.05, 0.1) is 0 Å². The monoisotopic (exact) mass is 299 g/mol. The lowest BCUT2D eigenvalue weighted by atomic mass is 10.1. The largest absolute Gasteiger partial charge is 0.475 e. The minimum atomic E-state index is -1.68. The van der Waals surface area contributed by atoms with Crippen LogP contribution in [-0.4, -0.2) is 44.4 Å². The van der Waals surface area contributed by atoms with Crippen molar-refractivity contribution in [3.63, 3.8) is 0 Å².